The van der Waals surface area contributed by atoms with Crippen molar-refractivity contribution in [1.29, 1.82) is 0 Å². The molecule has 0 spiro atoms. The second-order valence-electron chi connectivity index (χ2n) is 3.99. The second kappa shape index (κ2) is 7.87. The first-order chi connectivity index (χ1) is 8.26. The predicted molar refractivity (Wildman–Crippen MR) is 68.2 cm³/mol. The highest BCUT2D eigenvalue weighted by Crippen LogP contribution is 2.13. The normalized spacial score (nSPS) is 11.6. The second-order valence-corrected chi connectivity index (χ2v) is 3.99. The van der Waals surface area contributed by atoms with Gasteiger partial charge in [-0.15, -0.1) is 0 Å². The molecule has 0 bridgehead atoms. The molecule has 0 saturated carbocycles. The summed E-state index contributed by atoms with van der Waals surface area (Å²) in [5.41, 5.74) is 2.11. The van der Waals surface area contributed by atoms with Crippen molar-refractivity contribution in [3.8, 4) is 5.75 Å². The molecule has 0 heterocycles. The zero-order valence-electron chi connectivity index (χ0n) is 10.2. The van der Waals surface area contributed by atoms with Gasteiger partial charge in [-0.1, -0.05) is 12.1 Å². The number of hydrogen-bond donors (Lipinski definition) is 2. The molecular weight excluding hydrogens is 216 g/mol. The van der Waals surface area contributed by atoms with Crippen molar-refractivity contribution < 1.29 is 14.9 Å². The molecule has 17 heavy (non-hydrogen) atoms. The minimum Gasteiger partial charge on any atom is -0.490 e. The van der Waals surface area contributed by atoms with Crippen LogP contribution in [-0.2, 0) is 6.42 Å². The molecule has 0 aliphatic rings. The summed E-state index contributed by atoms with van der Waals surface area (Å²) in [6, 6.07) is 7.87. The van der Waals surface area contributed by atoms with E-state index in [-0.39, 0.29) is 13.2 Å². The summed E-state index contributed by atoms with van der Waals surface area (Å²) in [6.07, 6.45) is 3.54. The SMILES string of the molecule is C/C(=C/COc1ccc(CCCO)cc1)CO. The first kappa shape index (κ1) is 13.7. The summed E-state index contributed by atoms with van der Waals surface area (Å²) in [6.45, 7) is 2.64. The number of ether oxygens (including phenoxy) is 1. The highest BCUT2D eigenvalue weighted by Gasteiger charge is 1.95. The zero-order valence-corrected chi connectivity index (χ0v) is 10.2. The Morgan fingerprint density at radius 3 is 2.53 bits per heavy atom. The maximum absolute atomic E-state index is 8.81. The van der Waals surface area contributed by atoms with Crippen LogP contribution in [0.4, 0.5) is 0 Å². The van der Waals surface area contributed by atoms with E-state index in [1.807, 2.05) is 37.3 Å². The van der Waals surface area contributed by atoms with E-state index >= 15 is 0 Å². The molecule has 0 unspecified atom stereocenters. The van der Waals surface area contributed by atoms with Crippen LogP contribution in [0, 0.1) is 0 Å². The van der Waals surface area contributed by atoms with Crippen LogP contribution in [0.1, 0.15) is 18.9 Å². The number of benzene rings is 1. The Labute approximate surface area is 102 Å². The first-order valence-electron chi connectivity index (χ1n) is 5.85. The number of aliphatic hydroxyl groups is 2. The topological polar surface area (TPSA) is 49.7 Å². The summed E-state index contributed by atoms with van der Waals surface area (Å²) < 4.78 is 5.50. The van der Waals surface area contributed by atoms with E-state index in [1.165, 1.54) is 5.56 Å². The molecule has 0 fully saturated rings. The van der Waals surface area contributed by atoms with Crippen LogP contribution < -0.4 is 4.74 Å². The first-order valence-corrected chi connectivity index (χ1v) is 5.85. The van der Waals surface area contributed by atoms with Gasteiger partial charge in [-0.3, -0.25) is 0 Å². The van der Waals surface area contributed by atoms with E-state index in [9.17, 15) is 0 Å². The van der Waals surface area contributed by atoms with Gasteiger partial charge in [0.25, 0.3) is 0 Å². The van der Waals surface area contributed by atoms with E-state index in [4.69, 9.17) is 14.9 Å². The monoisotopic (exact) mass is 236 g/mol. The summed E-state index contributed by atoms with van der Waals surface area (Å²) in [7, 11) is 0. The maximum Gasteiger partial charge on any atom is 0.119 e. The Bertz CT molecular complexity index is 341. The van der Waals surface area contributed by atoms with E-state index in [1.54, 1.807) is 0 Å². The number of rotatable bonds is 7. The van der Waals surface area contributed by atoms with E-state index in [0.29, 0.717) is 6.61 Å². The summed E-state index contributed by atoms with van der Waals surface area (Å²) >= 11 is 0. The quantitative estimate of drug-likeness (QED) is 0.711. The predicted octanol–water partition coefficient (Wildman–Crippen LogP) is 1.93. The van der Waals surface area contributed by atoms with Gasteiger partial charge in [0.2, 0.25) is 0 Å². The highest BCUT2D eigenvalue weighted by molar-refractivity contribution is 5.27. The van der Waals surface area contributed by atoms with E-state index < -0.39 is 0 Å². The average molecular weight is 236 g/mol. The molecule has 3 nitrogen and oxygen atoms in total. The third-order valence-electron chi connectivity index (χ3n) is 2.48. The largest absolute Gasteiger partial charge is 0.490 e. The van der Waals surface area contributed by atoms with Crippen molar-refractivity contribution in [2.75, 3.05) is 19.8 Å². The summed E-state index contributed by atoms with van der Waals surface area (Å²) in [4.78, 5) is 0. The smallest absolute Gasteiger partial charge is 0.119 e. The molecule has 0 aliphatic carbocycles. The minimum absolute atomic E-state index is 0.0729. The molecule has 1 rings (SSSR count). The fourth-order valence-corrected chi connectivity index (χ4v) is 1.38. The van der Waals surface area contributed by atoms with Crippen molar-refractivity contribution >= 4 is 0 Å². The molecule has 0 aliphatic heterocycles. The van der Waals surface area contributed by atoms with Crippen LogP contribution in [0.25, 0.3) is 0 Å². The van der Waals surface area contributed by atoms with Gasteiger partial charge in [0, 0.05) is 6.61 Å². The van der Waals surface area contributed by atoms with Crippen molar-refractivity contribution in [2.24, 2.45) is 0 Å². The van der Waals surface area contributed by atoms with E-state index in [2.05, 4.69) is 0 Å². The highest BCUT2D eigenvalue weighted by atomic mass is 16.5. The average Bonchev–Trinajstić information content (AvgIpc) is 2.37. The Morgan fingerprint density at radius 1 is 1.24 bits per heavy atom. The van der Waals surface area contributed by atoms with Gasteiger partial charge >= 0.3 is 0 Å². The fourth-order valence-electron chi connectivity index (χ4n) is 1.38. The Hall–Kier alpha value is -1.32. The lowest BCUT2D eigenvalue weighted by Crippen LogP contribution is -1.96. The molecule has 0 saturated heterocycles. The Morgan fingerprint density at radius 2 is 1.94 bits per heavy atom. The number of aliphatic hydroxyl groups excluding tert-OH is 2. The van der Waals surface area contributed by atoms with Crippen LogP contribution >= 0.6 is 0 Å². The molecule has 2 N–H and O–H groups in total. The lowest BCUT2D eigenvalue weighted by molar-refractivity contribution is 0.288. The van der Waals surface area contributed by atoms with Gasteiger partial charge in [-0.2, -0.15) is 0 Å². The van der Waals surface area contributed by atoms with E-state index in [0.717, 1.165) is 24.2 Å². The molecule has 0 aromatic heterocycles. The summed E-state index contributed by atoms with van der Waals surface area (Å²) in [5.74, 6) is 0.819. The molecule has 0 amide bonds. The molecular formula is C14H20O3. The molecule has 1 aromatic rings. The van der Waals surface area contributed by atoms with Crippen molar-refractivity contribution in [3.63, 3.8) is 0 Å². The number of hydrogen-bond acceptors (Lipinski definition) is 3. The van der Waals surface area contributed by atoms with Crippen LogP contribution in [0.5, 0.6) is 5.75 Å². The van der Waals surface area contributed by atoms with Crippen LogP contribution in [0.2, 0.25) is 0 Å². The van der Waals surface area contributed by atoms with Gasteiger partial charge in [0.05, 0.1) is 6.61 Å². The molecule has 0 radical (unpaired) electrons. The van der Waals surface area contributed by atoms with Crippen LogP contribution in [0.3, 0.4) is 0 Å². The van der Waals surface area contributed by atoms with Gasteiger partial charge in [0.15, 0.2) is 0 Å². The standard InChI is InChI=1S/C14H20O3/c1-12(11-16)8-10-17-14-6-4-13(5-7-14)3-2-9-15/h4-8,15-16H,2-3,9-11H2,1H3/b12-8-. The van der Waals surface area contributed by atoms with Gasteiger partial charge in [-0.25, -0.2) is 0 Å². The Balaban J connectivity index is 2.40. The zero-order chi connectivity index (χ0) is 12.5. The summed E-state index contributed by atoms with van der Waals surface area (Å²) in [5, 5.41) is 17.5. The van der Waals surface area contributed by atoms with Gasteiger partial charge in [-0.05, 0) is 49.1 Å². The third-order valence-corrected chi connectivity index (χ3v) is 2.48. The van der Waals surface area contributed by atoms with Crippen molar-refractivity contribution in [3.05, 3.63) is 41.5 Å². The lowest BCUT2D eigenvalue weighted by Gasteiger charge is -2.05. The van der Waals surface area contributed by atoms with Crippen molar-refractivity contribution in [2.45, 2.75) is 19.8 Å². The molecule has 94 valence electrons. The van der Waals surface area contributed by atoms with Crippen LogP contribution in [-0.4, -0.2) is 30.0 Å². The number of aryl methyl sites for hydroxylation is 1. The van der Waals surface area contributed by atoms with Crippen LogP contribution in [0.15, 0.2) is 35.9 Å². The fraction of sp³-hybridized carbons (Fsp3) is 0.429. The molecule has 0 atom stereocenters. The third kappa shape index (κ3) is 5.52. The van der Waals surface area contributed by atoms with Crippen molar-refractivity contribution in [1.82, 2.24) is 0 Å². The Kier molecular flexibility index (Phi) is 6.37. The molecule has 1 aromatic carbocycles. The lowest BCUT2D eigenvalue weighted by atomic mass is 10.1. The van der Waals surface area contributed by atoms with Gasteiger partial charge < -0.3 is 14.9 Å². The maximum atomic E-state index is 8.81. The molecule has 3 heteroatoms. The van der Waals surface area contributed by atoms with Gasteiger partial charge in [0.1, 0.15) is 12.4 Å². The minimum atomic E-state index is 0.0729.